The van der Waals surface area contributed by atoms with Crippen molar-refractivity contribution in [2.24, 2.45) is 0 Å². The van der Waals surface area contributed by atoms with E-state index in [-0.39, 0.29) is 18.0 Å². The maximum Gasteiger partial charge on any atom is 0.314 e. The van der Waals surface area contributed by atoms with Crippen molar-refractivity contribution in [2.75, 3.05) is 39.5 Å². The van der Waals surface area contributed by atoms with Crippen LogP contribution in [-0.4, -0.2) is 56.4 Å². The fraction of sp³-hybridized carbons (Fsp3) is 0.588. The van der Waals surface area contributed by atoms with Crippen molar-refractivity contribution >= 4 is 5.97 Å². The van der Waals surface area contributed by atoms with E-state index in [1.807, 2.05) is 31.2 Å². The molecule has 1 fully saturated rings. The second-order valence-electron chi connectivity index (χ2n) is 5.74. The van der Waals surface area contributed by atoms with Gasteiger partial charge in [-0.25, -0.2) is 0 Å². The molecule has 1 saturated heterocycles. The van der Waals surface area contributed by atoms with Gasteiger partial charge in [-0.3, -0.25) is 9.69 Å². The summed E-state index contributed by atoms with van der Waals surface area (Å²) in [6.07, 6.45) is 0.709. The van der Waals surface area contributed by atoms with Crippen LogP contribution in [0, 0.1) is 0 Å². The molecule has 0 spiro atoms. The SMILES string of the molecule is CCOCCN1CC(OC(=O)C2CCOc3ccccc32)C1. The molecule has 1 aromatic rings. The molecular weight excluding hydrogens is 282 g/mol. The zero-order valence-electron chi connectivity index (χ0n) is 13.0. The lowest BCUT2D eigenvalue weighted by atomic mass is 9.93. The smallest absolute Gasteiger partial charge is 0.314 e. The molecule has 3 rings (SSSR count). The molecule has 5 nitrogen and oxygen atoms in total. The summed E-state index contributed by atoms with van der Waals surface area (Å²) in [5, 5.41) is 0. The Labute approximate surface area is 131 Å². The molecular formula is C17H23NO4. The average Bonchev–Trinajstić information content (AvgIpc) is 2.51. The molecule has 2 heterocycles. The first kappa shape index (κ1) is 15.3. The van der Waals surface area contributed by atoms with Gasteiger partial charge in [-0.05, 0) is 19.4 Å². The number of carbonyl (C=O) groups is 1. The highest BCUT2D eigenvalue weighted by atomic mass is 16.5. The first-order chi connectivity index (χ1) is 10.8. The summed E-state index contributed by atoms with van der Waals surface area (Å²) in [4.78, 5) is 14.7. The zero-order valence-corrected chi connectivity index (χ0v) is 13.0. The summed E-state index contributed by atoms with van der Waals surface area (Å²) >= 11 is 0. The minimum atomic E-state index is -0.192. The first-order valence-electron chi connectivity index (χ1n) is 8.00. The molecule has 22 heavy (non-hydrogen) atoms. The fourth-order valence-corrected chi connectivity index (χ4v) is 2.95. The van der Waals surface area contributed by atoms with Gasteiger partial charge in [0.2, 0.25) is 0 Å². The Kier molecular flexibility index (Phi) is 4.95. The maximum atomic E-state index is 12.4. The Hall–Kier alpha value is -1.59. The van der Waals surface area contributed by atoms with Gasteiger partial charge in [-0.1, -0.05) is 18.2 Å². The number of benzene rings is 1. The second-order valence-corrected chi connectivity index (χ2v) is 5.74. The molecule has 1 aromatic carbocycles. The van der Waals surface area contributed by atoms with E-state index in [0.29, 0.717) is 13.0 Å². The monoisotopic (exact) mass is 305 g/mol. The average molecular weight is 305 g/mol. The molecule has 1 atom stereocenters. The molecule has 2 aliphatic rings. The van der Waals surface area contributed by atoms with Crippen LogP contribution in [0.5, 0.6) is 5.75 Å². The standard InChI is InChI=1S/C17H23NO4/c1-2-20-10-8-18-11-13(12-18)22-17(19)15-7-9-21-16-6-4-3-5-14(15)16/h3-6,13,15H,2,7-12H2,1H3. The summed E-state index contributed by atoms with van der Waals surface area (Å²) in [6.45, 7) is 6.57. The summed E-state index contributed by atoms with van der Waals surface area (Å²) in [7, 11) is 0. The normalized spacial score (nSPS) is 21.6. The number of hydrogen-bond acceptors (Lipinski definition) is 5. The van der Waals surface area contributed by atoms with E-state index in [4.69, 9.17) is 14.2 Å². The van der Waals surface area contributed by atoms with E-state index in [2.05, 4.69) is 4.90 Å². The Bertz CT molecular complexity index is 513. The van der Waals surface area contributed by atoms with Gasteiger partial charge >= 0.3 is 5.97 Å². The van der Waals surface area contributed by atoms with Crippen molar-refractivity contribution in [2.45, 2.75) is 25.4 Å². The maximum absolute atomic E-state index is 12.4. The van der Waals surface area contributed by atoms with Gasteiger partial charge in [-0.2, -0.15) is 0 Å². The first-order valence-corrected chi connectivity index (χ1v) is 8.00. The van der Waals surface area contributed by atoms with Crippen LogP contribution >= 0.6 is 0 Å². The zero-order chi connectivity index (χ0) is 15.4. The Morgan fingerprint density at radius 2 is 2.18 bits per heavy atom. The molecule has 5 heteroatoms. The predicted octanol–water partition coefficient (Wildman–Crippen LogP) is 1.82. The predicted molar refractivity (Wildman–Crippen MR) is 82.1 cm³/mol. The second kappa shape index (κ2) is 7.11. The van der Waals surface area contributed by atoms with E-state index in [0.717, 1.165) is 44.2 Å². The van der Waals surface area contributed by atoms with Crippen molar-refractivity contribution in [3.8, 4) is 5.75 Å². The van der Waals surface area contributed by atoms with E-state index >= 15 is 0 Å². The van der Waals surface area contributed by atoms with Crippen molar-refractivity contribution < 1.29 is 19.0 Å². The Morgan fingerprint density at radius 3 is 3.00 bits per heavy atom. The summed E-state index contributed by atoms with van der Waals surface area (Å²) in [5.74, 6) is 0.496. The van der Waals surface area contributed by atoms with Crippen LogP contribution in [0.4, 0.5) is 0 Å². The van der Waals surface area contributed by atoms with E-state index in [9.17, 15) is 4.79 Å². The van der Waals surface area contributed by atoms with Crippen molar-refractivity contribution in [1.82, 2.24) is 4.90 Å². The number of carbonyl (C=O) groups excluding carboxylic acids is 1. The van der Waals surface area contributed by atoms with Gasteiger partial charge in [0.25, 0.3) is 0 Å². The quantitative estimate of drug-likeness (QED) is 0.592. The summed E-state index contributed by atoms with van der Waals surface area (Å²) < 4.78 is 16.6. The highest BCUT2D eigenvalue weighted by Crippen LogP contribution is 2.34. The summed E-state index contributed by atoms with van der Waals surface area (Å²) in [6, 6.07) is 7.73. The number of hydrogen-bond donors (Lipinski definition) is 0. The number of ether oxygens (including phenoxy) is 3. The lowest BCUT2D eigenvalue weighted by Crippen LogP contribution is -2.54. The number of fused-ring (bicyclic) bond motifs is 1. The Morgan fingerprint density at radius 1 is 1.36 bits per heavy atom. The van der Waals surface area contributed by atoms with Crippen molar-refractivity contribution in [3.63, 3.8) is 0 Å². The number of likely N-dealkylation sites (tertiary alicyclic amines) is 1. The highest BCUT2D eigenvalue weighted by molar-refractivity contribution is 5.79. The molecule has 0 N–H and O–H groups in total. The van der Waals surface area contributed by atoms with Crippen molar-refractivity contribution in [1.29, 1.82) is 0 Å². The number of nitrogens with zero attached hydrogens (tertiary/aromatic N) is 1. The molecule has 0 radical (unpaired) electrons. The molecule has 120 valence electrons. The van der Waals surface area contributed by atoms with Crippen LogP contribution in [0.15, 0.2) is 24.3 Å². The number of rotatable bonds is 6. The van der Waals surface area contributed by atoms with Gasteiger partial charge in [0.15, 0.2) is 0 Å². The van der Waals surface area contributed by atoms with Gasteiger partial charge in [0.05, 0.1) is 19.1 Å². The third-order valence-corrected chi connectivity index (χ3v) is 4.21. The van der Waals surface area contributed by atoms with Crippen LogP contribution in [-0.2, 0) is 14.3 Å². The van der Waals surface area contributed by atoms with E-state index in [1.165, 1.54) is 0 Å². The van der Waals surface area contributed by atoms with Gasteiger partial charge in [0.1, 0.15) is 11.9 Å². The van der Waals surface area contributed by atoms with Gasteiger partial charge < -0.3 is 14.2 Å². The molecule has 0 aliphatic carbocycles. The van der Waals surface area contributed by atoms with Crippen molar-refractivity contribution in [3.05, 3.63) is 29.8 Å². The van der Waals surface area contributed by atoms with Gasteiger partial charge in [-0.15, -0.1) is 0 Å². The third-order valence-electron chi connectivity index (χ3n) is 4.21. The third kappa shape index (κ3) is 3.42. The van der Waals surface area contributed by atoms with Crippen LogP contribution in [0.3, 0.4) is 0 Å². The lowest BCUT2D eigenvalue weighted by Gasteiger charge is -2.39. The van der Waals surface area contributed by atoms with Crippen LogP contribution < -0.4 is 4.74 Å². The highest BCUT2D eigenvalue weighted by Gasteiger charge is 2.34. The molecule has 0 bridgehead atoms. The van der Waals surface area contributed by atoms with Crippen LogP contribution in [0.2, 0.25) is 0 Å². The molecule has 0 amide bonds. The topological polar surface area (TPSA) is 48.0 Å². The number of para-hydroxylation sites is 1. The minimum Gasteiger partial charge on any atom is -0.493 e. The molecule has 2 aliphatic heterocycles. The molecule has 1 unspecified atom stereocenters. The summed E-state index contributed by atoms with van der Waals surface area (Å²) in [5.41, 5.74) is 0.950. The van der Waals surface area contributed by atoms with Gasteiger partial charge in [0, 0.05) is 31.8 Å². The van der Waals surface area contributed by atoms with Crippen LogP contribution in [0.25, 0.3) is 0 Å². The molecule has 0 aromatic heterocycles. The van der Waals surface area contributed by atoms with E-state index in [1.54, 1.807) is 0 Å². The largest absolute Gasteiger partial charge is 0.493 e. The lowest BCUT2D eigenvalue weighted by molar-refractivity contribution is -0.160. The van der Waals surface area contributed by atoms with Crippen LogP contribution in [0.1, 0.15) is 24.8 Å². The van der Waals surface area contributed by atoms with E-state index < -0.39 is 0 Å². The number of esters is 1. The Balaban J connectivity index is 1.48. The fourth-order valence-electron chi connectivity index (χ4n) is 2.95. The minimum absolute atomic E-state index is 0.0177. The molecule has 0 saturated carbocycles.